The van der Waals surface area contributed by atoms with Gasteiger partial charge in [0.05, 0.1) is 36.3 Å². The summed E-state index contributed by atoms with van der Waals surface area (Å²) in [7, 11) is -8.86. The van der Waals surface area contributed by atoms with Crippen molar-refractivity contribution in [1.29, 1.82) is 0 Å². The van der Waals surface area contributed by atoms with Gasteiger partial charge in [-0.1, -0.05) is 3.71 Å². The monoisotopic (exact) mass is 809 g/mol. The highest BCUT2D eigenvalue weighted by Gasteiger charge is 2.60. The maximum atomic E-state index is 14.8. The molecule has 52 heavy (non-hydrogen) atoms. The summed E-state index contributed by atoms with van der Waals surface area (Å²) in [4.78, 5) is 0. The van der Waals surface area contributed by atoms with Crippen LogP contribution in [0.4, 0.5) is 39.5 Å². The average Bonchev–Trinajstić information content (AvgIpc) is 3.82. The van der Waals surface area contributed by atoms with Crippen molar-refractivity contribution in [1.82, 2.24) is 45.6 Å². The lowest BCUT2D eigenvalue weighted by Crippen LogP contribution is -2.66. The number of nitrogens with zero attached hydrogens (tertiary/aromatic N) is 4. The van der Waals surface area contributed by atoms with Crippen LogP contribution in [0.1, 0.15) is 38.5 Å². The van der Waals surface area contributed by atoms with Crippen LogP contribution in [0.15, 0.2) is 0 Å². The molecule has 6 fully saturated rings. The van der Waals surface area contributed by atoms with Gasteiger partial charge in [-0.25, -0.2) is 31.9 Å². The molecule has 302 valence electrons. The zero-order valence-electron chi connectivity index (χ0n) is 28.0. The van der Waals surface area contributed by atoms with E-state index in [4.69, 9.17) is 0 Å². The van der Waals surface area contributed by atoms with Crippen LogP contribution in [-0.2, 0) is 24.8 Å². The van der Waals surface area contributed by atoms with Crippen molar-refractivity contribution in [2.45, 2.75) is 98.3 Å². The summed E-state index contributed by atoms with van der Waals surface area (Å²) < 4.78 is 187. The Hall–Kier alpha value is -1.13. The summed E-state index contributed by atoms with van der Waals surface area (Å²) in [5, 5.41) is 6.41. The van der Waals surface area contributed by atoms with Crippen LogP contribution in [-0.4, -0.2) is 148 Å². The van der Waals surface area contributed by atoms with Gasteiger partial charge in [-0.2, -0.15) is 26.3 Å². The standard InChI is InChI=1S/C27H44F9N9O5S2/c1-42-23-15(10-39-42)2-3-20(50-27(34,35)36)24(23)45(51(46,47)18-11-40-43(13-18)21-8-16(4-6-37-21)25(28,29)30)52(48,49)19-12-41-44(14-19)22-9-17(5-7-38-22)26(31,32)33/h15-24,37-41H,2-14H2,1H3. The number of likely N-dealkylation sites (N-methyl/N-ethyl adjacent to an activating group) is 1. The Morgan fingerprint density at radius 1 is 0.673 bits per heavy atom. The van der Waals surface area contributed by atoms with Gasteiger partial charge >= 0.3 is 18.7 Å². The first-order valence-electron chi connectivity index (χ1n) is 17.2. The molecule has 14 nitrogen and oxygen atoms in total. The smallest absolute Gasteiger partial charge is 0.301 e. The number of hydrogen-bond acceptors (Lipinski definition) is 13. The molecule has 10 unspecified atom stereocenters. The SMILES string of the molecule is CN1NCC2CCC(OC(F)(F)F)C(N(S(=O)(=O)C3CNN(C4CC(C(F)(F)F)CCN4)C3)S(=O)(=O)C3CNN(C4CC(C(F)(F)F)CCN4)C3)C21. The average molecular weight is 810 g/mol. The van der Waals surface area contributed by atoms with Crippen molar-refractivity contribution < 1.29 is 61.1 Å². The number of alkyl halides is 9. The predicted molar refractivity (Wildman–Crippen MR) is 165 cm³/mol. The minimum atomic E-state index is -5.28. The molecule has 0 radical (unpaired) electrons. The second-order valence-corrected chi connectivity index (χ2v) is 18.9. The summed E-state index contributed by atoms with van der Waals surface area (Å²) in [6.45, 7) is -1.74. The van der Waals surface area contributed by atoms with E-state index in [-0.39, 0.29) is 49.0 Å². The van der Waals surface area contributed by atoms with Crippen molar-refractivity contribution in [2.24, 2.45) is 17.8 Å². The molecule has 25 heteroatoms. The lowest BCUT2D eigenvalue weighted by molar-refractivity contribution is -0.350. The molecular formula is C27H44F9N9O5S2. The minimum Gasteiger partial charge on any atom is -0.301 e. The summed E-state index contributed by atoms with van der Waals surface area (Å²) in [5.41, 5.74) is 8.45. The van der Waals surface area contributed by atoms with Gasteiger partial charge in [-0.3, -0.25) is 21.0 Å². The lowest BCUT2D eigenvalue weighted by atomic mass is 9.80. The van der Waals surface area contributed by atoms with E-state index in [2.05, 4.69) is 31.6 Å². The molecule has 0 amide bonds. The Labute approximate surface area is 295 Å². The van der Waals surface area contributed by atoms with Crippen LogP contribution in [0.25, 0.3) is 0 Å². The summed E-state index contributed by atoms with van der Waals surface area (Å²) >= 11 is 0. The van der Waals surface area contributed by atoms with Crippen molar-refractivity contribution >= 4 is 20.0 Å². The Kier molecular flexibility index (Phi) is 11.5. The third-order valence-electron chi connectivity index (χ3n) is 11.2. The van der Waals surface area contributed by atoms with Crippen LogP contribution >= 0.6 is 0 Å². The minimum absolute atomic E-state index is 0.0311. The normalized spacial score (nSPS) is 38.3. The van der Waals surface area contributed by atoms with Gasteiger partial charge in [-0.05, 0) is 57.5 Å². The van der Waals surface area contributed by atoms with Crippen molar-refractivity contribution in [3.05, 3.63) is 0 Å². The zero-order chi connectivity index (χ0) is 38.0. The largest absolute Gasteiger partial charge is 0.522 e. The topological polar surface area (TPSA) is 151 Å². The second kappa shape index (κ2) is 14.7. The lowest BCUT2D eigenvalue weighted by Gasteiger charge is -2.46. The quantitative estimate of drug-likeness (QED) is 0.218. The molecule has 1 aliphatic carbocycles. The number of hydrogen-bond donors (Lipinski definition) is 5. The molecule has 1 saturated carbocycles. The number of piperidine rings is 2. The maximum Gasteiger partial charge on any atom is 0.522 e. The Morgan fingerprint density at radius 2 is 1.15 bits per heavy atom. The van der Waals surface area contributed by atoms with Gasteiger partial charge < -0.3 is 10.6 Å². The molecule has 0 aromatic carbocycles. The number of fused-ring (bicyclic) bond motifs is 1. The number of rotatable bonds is 8. The van der Waals surface area contributed by atoms with Gasteiger partial charge in [0.2, 0.25) is 20.0 Å². The highest BCUT2D eigenvalue weighted by Crippen LogP contribution is 2.42. The van der Waals surface area contributed by atoms with Crippen molar-refractivity contribution in [3.8, 4) is 0 Å². The van der Waals surface area contributed by atoms with Gasteiger partial charge in [0.1, 0.15) is 10.5 Å². The second-order valence-electron chi connectivity index (χ2n) is 14.4. The molecule has 0 aromatic heterocycles. The number of ether oxygens (including phenoxy) is 1. The van der Waals surface area contributed by atoms with E-state index in [0.717, 1.165) is 0 Å². The number of nitrogens with one attached hydrogen (secondary N) is 5. The fraction of sp³-hybridized carbons (Fsp3) is 1.00. The third-order valence-corrected chi connectivity index (χ3v) is 16.3. The van der Waals surface area contributed by atoms with E-state index in [0.29, 0.717) is 0 Å². The molecule has 5 heterocycles. The summed E-state index contributed by atoms with van der Waals surface area (Å²) in [5.74, 6) is -3.84. The van der Waals surface area contributed by atoms with Crippen molar-refractivity contribution in [3.63, 3.8) is 0 Å². The Morgan fingerprint density at radius 3 is 1.60 bits per heavy atom. The van der Waals surface area contributed by atoms with E-state index < -0.39 is 137 Å². The van der Waals surface area contributed by atoms with Gasteiger partial charge in [0.15, 0.2) is 0 Å². The molecule has 0 aromatic rings. The zero-order valence-corrected chi connectivity index (χ0v) is 29.6. The van der Waals surface area contributed by atoms with Crippen LogP contribution < -0.4 is 26.9 Å². The van der Waals surface area contributed by atoms with Crippen LogP contribution in [0.3, 0.4) is 0 Å². The first-order valence-corrected chi connectivity index (χ1v) is 20.2. The van der Waals surface area contributed by atoms with Crippen molar-refractivity contribution in [2.75, 3.05) is 52.9 Å². The molecule has 10 atom stereocenters. The molecule has 0 bridgehead atoms. The summed E-state index contributed by atoms with van der Waals surface area (Å²) in [6, 6.07) is -3.04. The molecule has 6 aliphatic rings. The molecule has 0 spiro atoms. The first kappa shape index (κ1) is 40.5. The van der Waals surface area contributed by atoms with E-state index in [9.17, 15) is 56.3 Å². The highest BCUT2D eigenvalue weighted by molar-refractivity contribution is 8.04. The highest BCUT2D eigenvalue weighted by atomic mass is 32.3. The number of sulfonamides is 2. The van der Waals surface area contributed by atoms with Crippen LogP contribution in [0.2, 0.25) is 0 Å². The van der Waals surface area contributed by atoms with Crippen LogP contribution in [0, 0.1) is 17.8 Å². The van der Waals surface area contributed by atoms with Gasteiger partial charge in [0.25, 0.3) is 0 Å². The summed E-state index contributed by atoms with van der Waals surface area (Å²) in [6.07, 6.45) is -19.7. The Balaban J connectivity index is 1.33. The van der Waals surface area contributed by atoms with Gasteiger partial charge in [-0.15, -0.1) is 13.2 Å². The van der Waals surface area contributed by atoms with E-state index in [1.807, 2.05) is 0 Å². The predicted octanol–water partition coefficient (Wildman–Crippen LogP) is 0.604. The molecule has 5 N–H and O–H groups in total. The van der Waals surface area contributed by atoms with E-state index >= 15 is 0 Å². The number of halogens is 9. The third kappa shape index (κ3) is 8.34. The fourth-order valence-electron chi connectivity index (χ4n) is 8.56. The number of hydrazine groups is 3. The molecular weight excluding hydrogens is 765 g/mol. The molecule has 6 rings (SSSR count). The van der Waals surface area contributed by atoms with Crippen LogP contribution in [0.5, 0.6) is 0 Å². The molecule has 5 saturated heterocycles. The fourth-order valence-corrected chi connectivity index (χ4v) is 13.5. The Bertz CT molecular complexity index is 1410. The molecule has 5 aliphatic heterocycles. The van der Waals surface area contributed by atoms with E-state index in [1.165, 1.54) is 22.1 Å². The maximum absolute atomic E-state index is 14.8. The van der Waals surface area contributed by atoms with Gasteiger partial charge in [0, 0.05) is 45.8 Å². The van der Waals surface area contributed by atoms with E-state index in [1.54, 1.807) is 0 Å². The first-order chi connectivity index (χ1) is 24.1.